The summed E-state index contributed by atoms with van der Waals surface area (Å²) in [4.78, 5) is 11.4. The van der Waals surface area contributed by atoms with Gasteiger partial charge in [-0.15, -0.1) is 0 Å². The Morgan fingerprint density at radius 3 is 2.60 bits per heavy atom. The number of rotatable bonds is 4. The van der Waals surface area contributed by atoms with E-state index in [1.54, 1.807) is 19.9 Å². The van der Waals surface area contributed by atoms with Crippen molar-refractivity contribution in [3.8, 4) is 0 Å². The zero-order valence-electron chi connectivity index (χ0n) is 8.99. The number of hydrogen-bond donors (Lipinski definition) is 1. The molecule has 0 atom stereocenters. The Kier molecular flexibility index (Phi) is 4.41. The molecule has 1 N–H and O–H groups in total. The van der Waals surface area contributed by atoms with Crippen molar-refractivity contribution in [3.05, 3.63) is 42.1 Å². The average molecular weight is 205 g/mol. The number of nitrogens with one attached hydrogen (secondary N) is 1. The van der Waals surface area contributed by atoms with Gasteiger partial charge in [-0.1, -0.05) is 24.3 Å². The van der Waals surface area contributed by atoms with Crippen molar-refractivity contribution in [2.24, 2.45) is 0 Å². The first-order valence-electron chi connectivity index (χ1n) is 4.93. The van der Waals surface area contributed by atoms with E-state index in [1.165, 1.54) is 0 Å². The molecule has 3 nitrogen and oxygen atoms in total. The van der Waals surface area contributed by atoms with Gasteiger partial charge >= 0.3 is 5.97 Å². The molecule has 0 saturated carbocycles. The van der Waals surface area contributed by atoms with Crippen LogP contribution in [-0.4, -0.2) is 12.6 Å². The minimum absolute atomic E-state index is 0.330. The molecule has 0 bridgehead atoms. The zero-order chi connectivity index (χ0) is 11.1. The summed E-state index contributed by atoms with van der Waals surface area (Å²) in [5, 5.41) is 3.00. The van der Waals surface area contributed by atoms with E-state index in [0.29, 0.717) is 12.3 Å². The van der Waals surface area contributed by atoms with E-state index in [4.69, 9.17) is 4.74 Å². The molecule has 0 saturated heterocycles. The van der Waals surface area contributed by atoms with Crippen LogP contribution in [-0.2, 0) is 9.53 Å². The number of carbonyl (C=O) groups excluding carboxylic acids is 1. The molecule has 80 valence electrons. The third kappa shape index (κ3) is 3.46. The molecule has 0 heterocycles. The molecule has 0 unspecified atom stereocenters. The summed E-state index contributed by atoms with van der Waals surface area (Å²) in [6.07, 6.45) is 1.70. The molecule has 0 aromatic heterocycles. The molecule has 3 heteroatoms. The molecule has 1 aromatic rings. The number of anilines is 1. The van der Waals surface area contributed by atoms with Gasteiger partial charge < -0.3 is 10.1 Å². The molecule has 15 heavy (non-hydrogen) atoms. The van der Waals surface area contributed by atoms with Crippen molar-refractivity contribution < 1.29 is 9.53 Å². The van der Waals surface area contributed by atoms with E-state index in [-0.39, 0.29) is 5.97 Å². The lowest BCUT2D eigenvalue weighted by Crippen LogP contribution is -2.14. The van der Waals surface area contributed by atoms with E-state index in [0.717, 1.165) is 5.69 Å². The van der Waals surface area contributed by atoms with Gasteiger partial charge in [0.05, 0.1) is 6.61 Å². The summed E-state index contributed by atoms with van der Waals surface area (Å²) in [7, 11) is 0. The lowest BCUT2D eigenvalue weighted by atomic mass is 10.3. The molecule has 0 aliphatic rings. The number of carbonyl (C=O) groups is 1. The number of esters is 1. The van der Waals surface area contributed by atoms with Crippen LogP contribution in [0.2, 0.25) is 0 Å². The van der Waals surface area contributed by atoms with E-state index in [2.05, 4.69) is 5.32 Å². The van der Waals surface area contributed by atoms with E-state index >= 15 is 0 Å². The highest BCUT2D eigenvalue weighted by Gasteiger charge is 2.08. The van der Waals surface area contributed by atoms with E-state index in [9.17, 15) is 4.79 Å². The fourth-order valence-corrected chi connectivity index (χ4v) is 1.13. The van der Waals surface area contributed by atoms with Gasteiger partial charge in [0, 0.05) is 5.69 Å². The van der Waals surface area contributed by atoms with E-state index in [1.807, 2.05) is 30.3 Å². The van der Waals surface area contributed by atoms with Crippen LogP contribution in [0.3, 0.4) is 0 Å². The Bertz CT molecular complexity index is 344. The standard InChI is InChI=1S/C12H15NO2/c1-3-11(12(14)15-4-2)13-10-8-6-5-7-9-10/h3,5-9,13H,4H2,1-2H3/b11-3-. The van der Waals surface area contributed by atoms with Gasteiger partial charge in [0.15, 0.2) is 0 Å². The van der Waals surface area contributed by atoms with Crippen LogP contribution in [0.4, 0.5) is 5.69 Å². The van der Waals surface area contributed by atoms with E-state index < -0.39 is 0 Å². The number of ether oxygens (including phenoxy) is 1. The maximum atomic E-state index is 11.4. The van der Waals surface area contributed by atoms with Crippen molar-refractivity contribution in [2.75, 3.05) is 11.9 Å². The molecule has 0 aliphatic carbocycles. The molecule has 0 amide bonds. The Labute approximate surface area is 89.8 Å². The maximum Gasteiger partial charge on any atom is 0.354 e. The second-order valence-corrected chi connectivity index (χ2v) is 2.91. The minimum Gasteiger partial charge on any atom is -0.461 e. The summed E-state index contributed by atoms with van der Waals surface area (Å²) in [5.74, 6) is -0.330. The second-order valence-electron chi connectivity index (χ2n) is 2.91. The topological polar surface area (TPSA) is 38.3 Å². The predicted molar refractivity (Wildman–Crippen MR) is 60.5 cm³/mol. The molecular formula is C12H15NO2. The lowest BCUT2D eigenvalue weighted by molar-refractivity contribution is -0.138. The lowest BCUT2D eigenvalue weighted by Gasteiger charge is -2.09. The quantitative estimate of drug-likeness (QED) is 0.606. The molecule has 1 rings (SSSR count). The number of benzene rings is 1. The number of hydrogen-bond acceptors (Lipinski definition) is 3. The van der Waals surface area contributed by atoms with Crippen LogP contribution < -0.4 is 5.32 Å². The van der Waals surface area contributed by atoms with Crippen molar-refractivity contribution in [2.45, 2.75) is 13.8 Å². The third-order valence-corrected chi connectivity index (χ3v) is 1.84. The summed E-state index contributed by atoms with van der Waals surface area (Å²) >= 11 is 0. The first kappa shape index (κ1) is 11.3. The maximum absolute atomic E-state index is 11.4. The summed E-state index contributed by atoms with van der Waals surface area (Å²) < 4.78 is 4.90. The predicted octanol–water partition coefficient (Wildman–Crippen LogP) is 2.57. The van der Waals surface area contributed by atoms with Crippen LogP contribution >= 0.6 is 0 Å². The van der Waals surface area contributed by atoms with Crippen LogP contribution in [0.1, 0.15) is 13.8 Å². The molecule has 0 fully saturated rings. The summed E-state index contributed by atoms with van der Waals surface area (Å²) in [6.45, 7) is 3.96. The number of para-hydroxylation sites is 1. The highest BCUT2D eigenvalue weighted by atomic mass is 16.5. The van der Waals surface area contributed by atoms with Gasteiger partial charge in [-0.25, -0.2) is 4.79 Å². The molecule has 0 radical (unpaired) electrons. The van der Waals surface area contributed by atoms with Crippen LogP contribution in [0.25, 0.3) is 0 Å². The van der Waals surface area contributed by atoms with Crippen LogP contribution in [0.5, 0.6) is 0 Å². The van der Waals surface area contributed by atoms with Gasteiger partial charge in [0.2, 0.25) is 0 Å². The highest BCUT2D eigenvalue weighted by Crippen LogP contribution is 2.09. The van der Waals surface area contributed by atoms with Crippen molar-refractivity contribution >= 4 is 11.7 Å². The molecule has 0 spiro atoms. The fraction of sp³-hybridized carbons (Fsp3) is 0.250. The number of allylic oxidation sites excluding steroid dienone is 1. The summed E-state index contributed by atoms with van der Waals surface area (Å²) in [5.41, 5.74) is 1.33. The first-order chi connectivity index (χ1) is 7.27. The second kappa shape index (κ2) is 5.86. The molecule has 1 aromatic carbocycles. The molecule has 0 aliphatic heterocycles. The van der Waals surface area contributed by atoms with Crippen LogP contribution in [0, 0.1) is 0 Å². The Morgan fingerprint density at radius 1 is 1.40 bits per heavy atom. The largest absolute Gasteiger partial charge is 0.461 e. The van der Waals surface area contributed by atoms with Crippen molar-refractivity contribution in [1.82, 2.24) is 0 Å². The average Bonchev–Trinajstić information content (AvgIpc) is 2.27. The third-order valence-electron chi connectivity index (χ3n) is 1.84. The highest BCUT2D eigenvalue weighted by molar-refractivity contribution is 5.91. The SMILES string of the molecule is C/C=C(\Nc1ccccc1)C(=O)OCC. The van der Waals surface area contributed by atoms with Crippen molar-refractivity contribution in [1.29, 1.82) is 0 Å². The molecular weight excluding hydrogens is 190 g/mol. The Balaban J connectivity index is 2.67. The Hall–Kier alpha value is -1.77. The first-order valence-corrected chi connectivity index (χ1v) is 4.93. The minimum atomic E-state index is -0.330. The monoisotopic (exact) mass is 205 g/mol. The van der Waals surface area contributed by atoms with Gasteiger partial charge in [-0.2, -0.15) is 0 Å². The van der Waals surface area contributed by atoms with Gasteiger partial charge in [-0.3, -0.25) is 0 Å². The van der Waals surface area contributed by atoms with Gasteiger partial charge in [0.1, 0.15) is 5.70 Å². The van der Waals surface area contributed by atoms with Crippen molar-refractivity contribution in [3.63, 3.8) is 0 Å². The fourth-order valence-electron chi connectivity index (χ4n) is 1.13. The van der Waals surface area contributed by atoms with Crippen LogP contribution in [0.15, 0.2) is 42.1 Å². The Morgan fingerprint density at radius 2 is 2.07 bits per heavy atom. The summed E-state index contributed by atoms with van der Waals surface area (Å²) in [6, 6.07) is 9.51. The normalized spacial score (nSPS) is 10.9. The zero-order valence-corrected chi connectivity index (χ0v) is 8.99. The smallest absolute Gasteiger partial charge is 0.354 e. The van der Waals surface area contributed by atoms with Gasteiger partial charge in [-0.05, 0) is 26.0 Å². The van der Waals surface area contributed by atoms with Gasteiger partial charge in [0.25, 0.3) is 0 Å².